The van der Waals surface area contributed by atoms with E-state index in [1.54, 1.807) is 14.2 Å². The molecule has 2 aromatic rings. The van der Waals surface area contributed by atoms with Gasteiger partial charge in [0.2, 0.25) is 0 Å². The van der Waals surface area contributed by atoms with Crippen LogP contribution in [0.5, 0.6) is 11.5 Å². The number of alkyl halides is 3. The molecule has 4 rings (SSSR count). The third kappa shape index (κ3) is 5.55. The highest BCUT2D eigenvalue weighted by Crippen LogP contribution is 2.52. The van der Waals surface area contributed by atoms with Crippen molar-refractivity contribution in [3.8, 4) is 11.5 Å². The molecule has 1 heterocycles. The molecular weight excluding hydrogens is 502 g/mol. The van der Waals surface area contributed by atoms with Crippen LogP contribution in [0.1, 0.15) is 57.6 Å². The number of nitrogens with one attached hydrogen (secondary N) is 2. The molecule has 2 aliphatic rings. The molecule has 2 N–H and O–H groups in total. The number of fused-ring (bicyclic) bond motifs is 1. The Morgan fingerprint density at radius 1 is 1.03 bits per heavy atom. The molecule has 0 unspecified atom stereocenters. The maximum absolute atomic E-state index is 13.8. The summed E-state index contributed by atoms with van der Waals surface area (Å²) in [7, 11) is 3.22. The third-order valence-electron chi connectivity index (χ3n) is 7.90. The fraction of sp³-hybridized carbons (Fsp3) is 0.536. The molecule has 1 saturated carbocycles. The van der Waals surface area contributed by atoms with Crippen molar-refractivity contribution < 1.29 is 31.8 Å². The second kappa shape index (κ2) is 10.3. The minimum atomic E-state index is -4.72. The van der Waals surface area contributed by atoms with E-state index >= 15 is 0 Å². The van der Waals surface area contributed by atoms with E-state index in [1.165, 1.54) is 0 Å². The molecule has 6 nitrogen and oxygen atoms in total. The molecule has 0 aromatic heterocycles. The quantitative estimate of drug-likeness (QED) is 0.437. The molecule has 0 radical (unpaired) electrons. The summed E-state index contributed by atoms with van der Waals surface area (Å²) in [6.45, 7) is 7.40. The van der Waals surface area contributed by atoms with Crippen molar-refractivity contribution >= 4 is 11.7 Å². The summed E-state index contributed by atoms with van der Waals surface area (Å²) in [5, 5.41) is 5.29. The number of hydrogen-bond donors (Lipinski definition) is 2. The normalized spacial score (nSPS) is 24.0. The van der Waals surface area contributed by atoms with E-state index in [4.69, 9.17) is 9.47 Å². The molecule has 38 heavy (non-hydrogen) atoms. The number of nitrogens with zero attached hydrogens (tertiary/aromatic N) is 1. The molecule has 3 atom stereocenters. The fourth-order valence-electron chi connectivity index (χ4n) is 6.14. The number of rotatable bonds is 5. The molecule has 1 aliphatic heterocycles. The highest BCUT2D eigenvalue weighted by atomic mass is 19.4. The van der Waals surface area contributed by atoms with E-state index < -0.39 is 23.6 Å². The molecular formula is C28H35F4N3O3. The number of urea groups is 1. The van der Waals surface area contributed by atoms with Crippen LogP contribution in [0.4, 0.5) is 28.0 Å². The molecule has 2 aromatic carbocycles. The van der Waals surface area contributed by atoms with E-state index in [-0.39, 0.29) is 28.7 Å². The van der Waals surface area contributed by atoms with Crippen molar-refractivity contribution in [3.63, 3.8) is 0 Å². The first-order chi connectivity index (χ1) is 17.8. The Kier molecular flexibility index (Phi) is 7.58. The Balaban J connectivity index is 1.55. The first-order valence-corrected chi connectivity index (χ1v) is 12.7. The van der Waals surface area contributed by atoms with Crippen molar-refractivity contribution in [2.45, 2.75) is 75.7 Å². The number of carbonyl (C=O) groups is 1. The predicted octanol–water partition coefficient (Wildman–Crippen LogP) is 6.35. The predicted molar refractivity (Wildman–Crippen MR) is 137 cm³/mol. The summed E-state index contributed by atoms with van der Waals surface area (Å²) in [4.78, 5) is 15.2. The van der Waals surface area contributed by atoms with Crippen LogP contribution in [0.3, 0.4) is 0 Å². The number of amides is 2. The van der Waals surface area contributed by atoms with E-state index in [0.29, 0.717) is 30.4 Å². The average Bonchev–Trinajstić information content (AvgIpc) is 3.23. The van der Waals surface area contributed by atoms with Crippen LogP contribution in [0.2, 0.25) is 0 Å². The number of benzene rings is 2. The van der Waals surface area contributed by atoms with Gasteiger partial charge in [0.05, 0.1) is 19.8 Å². The highest BCUT2D eigenvalue weighted by Gasteiger charge is 2.54. The molecule has 0 spiro atoms. The number of ether oxygens (including phenoxy) is 2. The number of likely N-dealkylation sites (tertiary alicyclic amines) is 1. The Bertz CT molecular complexity index is 1180. The van der Waals surface area contributed by atoms with E-state index in [0.717, 1.165) is 37.1 Å². The molecule has 1 saturated heterocycles. The lowest BCUT2D eigenvalue weighted by Crippen LogP contribution is -2.56. The van der Waals surface area contributed by atoms with Gasteiger partial charge in [0.1, 0.15) is 5.82 Å². The van der Waals surface area contributed by atoms with Gasteiger partial charge in [-0.25, -0.2) is 9.18 Å². The lowest BCUT2D eigenvalue weighted by Gasteiger charge is -2.48. The second-order valence-corrected chi connectivity index (χ2v) is 11.2. The van der Waals surface area contributed by atoms with Crippen molar-refractivity contribution in [3.05, 3.63) is 53.3 Å². The molecule has 10 heteroatoms. The summed E-state index contributed by atoms with van der Waals surface area (Å²) >= 11 is 0. The maximum Gasteiger partial charge on any atom is 0.416 e. The van der Waals surface area contributed by atoms with Gasteiger partial charge in [0, 0.05) is 28.7 Å². The van der Waals surface area contributed by atoms with E-state index in [1.807, 2.05) is 12.1 Å². The Morgan fingerprint density at radius 2 is 1.74 bits per heavy atom. The molecule has 2 amide bonds. The Labute approximate surface area is 220 Å². The number of carbonyl (C=O) groups excluding carboxylic acids is 1. The van der Waals surface area contributed by atoms with Gasteiger partial charge in [-0.2, -0.15) is 13.2 Å². The van der Waals surface area contributed by atoms with Gasteiger partial charge in [-0.05, 0) is 88.9 Å². The van der Waals surface area contributed by atoms with Crippen LogP contribution in [-0.2, 0) is 11.6 Å². The van der Waals surface area contributed by atoms with Crippen molar-refractivity contribution in [2.24, 2.45) is 0 Å². The largest absolute Gasteiger partial charge is 0.493 e. The van der Waals surface area contributed by atoms with Gasteiger partial charge in [0.15, 0.2) is 11.5 Å². The number of hydrogen-bond acceptors (Lipinski definition) is 4. The van der Waals surface area contributed by atoms with E-state index in [2.05, 4.69) is 42.4 Å². The summed E-state index contributed by atoms with van der Waals surface area (Å²) in [5.74, 6) is 0.257. The summed E-state index contributed by atoms with van der Waals surface area (Å²) in [6.07, 6.45) is -1.61. The summed E-state index contributed by atoms with van der Waals surface area (Å²) in [5.41, 5.74) is -0.498. The fourth-order valence-corrected chi connectivity index (χ4v) is 6.14. The third-order valence-corrected chi connectivity index (χ3v) is 7.90. The van der Waals surface area contributed by atoms with Crippen molar-refractivity contribution in [2.75, 3.05) is 26.1 Å². The second-order valence-electron chi connectivity index (χ2n) is 11.2. The number of methoxy groups -OCH3 is 2. The van der Waals surface area contributed by atoms with Crippen LogP contribution >= 0.6 is 0 Å². The molecule has 1 aliphatic carbocycles. The van der Waals surface area contributed by atoms with Gasteiger partial charge < -0.3 is 20.1 Å². The Hall–Kier alpha value is -3.01. The lowest BCUT2D eigenvalue weighted by atomic mass is 9.64. The molecule has 0 bridgehead atoms. The minimum absolute atomic E-state index is 0.108. The topological polar surface area (TPSA) is 62.8 Å². The smallest absolute Gasteiger partial charge is 0.416 e. The van der Waals surface area contributed by atoms with Crippen molar-refractivity contribution in [1.29, 1.82) is 0 Å². The van der Waals surface area contributed by atoms with Gasteiger partial charge in [-0.1, -0.05) is 6.07 Å². The maximum atomic E-state index is 13.8. The summed E-state index contributed by atoms with van der Waals surface area (Å²) in [6, 6.07) is 7.31. The molecule has 2 fully saturated rings. The molecule has 208 valence electrons. The van der Waals surface area contributed by atoms with Crippen LogP contribution in [0.25, 0.3) is 0 Å². The zero-order chi connectivity index (χ0) is 27.9. The van der Waals surface area contributed by atoms with Gasteiger partial charge >= 0.3 is 12.2 Å². The lowest BCUT2D eigenvalue weighted by molar-refractivity contribution is -0.137. The van der Waals surface area contributed by atoms with Gasteiger partial charge in [0.25, 0.3) is 0 Å². The first-order valence-electron chi connectivity index (χ1n) is 12.7. The zero-order valence-corrected chi connectivity index (χ0v) is 22.3. The van der Waals surface area contributed by atoms with Gasteiger partial charge in [-0.15, -0.1) is 0 Å². The Morgan fingerprint density at radius 3 is 2.37 bits per heavy atom. The van der Waals surface area contributed by atoms with Crippen LogP contribution in [0, 0.1) is 5.82 Å². The first kappa shape index (κ1) is 28.0. The van der Waals surface area contributed by atoms with Crippen molar-refractivity contribution in [1.82, 2.24) is 10.2 Å². The van der Waals surface area contributed by atoms with Crippen LogP contribution in [0.15, 0.2) is 36.4 Å². The average molecular weight is 538 g/mol. The minimum Gasteiger partial charge on any atom is -0.493 e. The highest BCUT2D eigenvalue weighted by molar-refractivity contribution is 5.89. The van der Waals surface area contributed by atoms with Crippen LogP contribution < -0.4 is 20.1 Å². The number of anilines is 1. The van der Waals surface area contributed by atoms with E-state index in [9.17, 15) is 22.4 Å². The standard InChI is InChI=1S/C28H35F4N3O3/c1-26(2,3)35-11-10-27(17-6-7-22(37-4)23(14-17)38-5)9-8-20(16-24(27)35)33-25(36)34-21-13-18(28(30,31)32)12-19(29)15-21/h6-7,12-15,20,24H,8-11,16H2,1-5H3,(H2,33,34,36)/t20-,24+,27-/m0/s1. The van der Waals surface area contributed by atoms with Gasteiger partial charge in [-0.3, -0.25) is 4.90 Å². The number of halogens is 4. The zero-order valence-electron chi connectivity index (χ0n) is 22.3. The monoisotopic (exact) mass is 537 g/mol. The summed E-state index contributed by atoms with van der Waals surface area (Å²) < 4.78 is 64.0. The SMILES string of the molecule is COc1ccc([C@@]23CC[C@H](NC(=O)Nc4cc(F)cc(C(F)(F)F)c4)C[C@H]2N(C(C)(C)C)CC3)cc1OC. The van der Waals surface area contributed by atoms with Crippen LogP contribution in [-0.4, -0.2) is 49.3 Å².